The van der Waals surface area contributed by atoms with Crippen molar-refractivity contribution in [3.8, 4) is 5.75 Å². The third-order valence-electron chi connectivity index (χ3n) is 3.83. The highest BCUT2D eigenvalue weighted by Gasteiger charge is 2.22. The maximum absolute atomic E-state index is 9.30. The van der Waals surface area contributed by atoms with Crippen molar-refractivity contribution in [1.29, 1.82) is 0 Å². The fourth-order valence-corrected chi connectivity index (χ4v) is 2.49. The van der Waals surface area contributed by atoms with E-state index in [1.165, 1.54) is 18.4 Å². The number of aromatic hydroxyl groups is 1. The molecule has 1 aliphatic rings. The lowest BCUT2D eigenvalue weighted by Crippen LogP contribution is -2.45. The molecule has 1 aromatic rings. The molecule has 2 atom stereocenters. The van der Waals surface area contributed by atoms with Crippen LogP contribution in [0.2, 0.25) is 0 Å². The number of rotatable bonds is 3. The van der Waals surface area contributed by atoms with Crippen LogP contribution in [0, 0.1) is 0 Å². The van der Waals surface area contributed by atoms with Gasteiger partial charge in [-0.25, -0.2) is 0 Å². The second kappa shape index (κ2) is 5.52. The van der Waals surface area contributed by atoms with Crippen LogP contribution in [0.3, 0.4) is 0 Å². The van der Waals surface area contributed by atoms with E-state index >= 15 is 0 Å². The van der Waals surface area contributed by atoms with Crippen molar-refractivity contribution in [2.45, 2.75) is 31.8 Å². The molecule has 0 spiro atoms. The molecule has 1 aliphatic heterocycles. The van der Waals surface area contributed by atoms with Gasteiger partial charge in [-0.05, 0) is 51.1 Å². The van der Waals surface area contributed by atoms with Gasteiger partial charge in [0.2, 0.25) is 0 Å². The topological polar surface area (TPSA) is 35.5 Å². The van der Waals surface area contributed by atoms with Gasteiger partial charge in [-0.2, -0.15) is 0 Å². The summed E-state index contributed by atoms with van der Waals surface area (Å²) in [4.78, 5) is 2.43. The van der Waals surface area contributed by atoms with Crippen molar-refractivity contribution in [2.75, 3.05) is 20.1 Å². The molecule has 0 aromatic heterocycles. The van der Waals surface area contributed by atoms with Crippen LogP contribution >= 0.6 is 0 Å². The number of phenolic OH excluding ortho intramolecular Hbond substituents is 1. The minimum atomic E-state index is 0.336. The van der Waals surface area contributed by atoms with Gasteiger partial charge in [0.25, 0.3) is 0 Å². The normalized spacial score (nSPS) is 22.6. The number of piperidine rings is 1. The summed E-state index contributed by atoms with van der Waals surface area (Å²) in [6, 6.07) is 8.55. The number of likely N-dealkylation sites (N-methyl/N-ethyl adjacent to an activating group) is 1. The standard InChI is InChI=1S/C14H22N2O/c1-11(12-5-7-14(17)8-6-12)16(2)13-4-3-9-15-10-13/h5-8,11,13,15,17H,3-4,9-10H2,1-2H3. The van der Waals surface area contributed by atoms with Gasteiger partial charge in [-0.15, -0.1) is 0 Å². The number of benzene rings is 1. The highest BCUT2D eigenvalue weighted by Crippen LogP contribution is 2.24. The quantitative estimate of drug-likeness (QED) is 0.841. The summed E-state index contributed by atoms with van der Waals surface area (Å²) in [6.45, 7) is 4.46. The van der Waals surface area contributed by atoms with E-state index < -0.39 is 0 Å². The molecular weight excluding hydrogens is 212 g/mol. The number of hydrogen-bond donors (Lipinski definition) is 2. The summed E-state index contributed by atoms with van der Waals surface area (Å²) < 4.78 is 0. The zero-order valence-electron chi connectivity index (χ0n) is 10.7. The summed E-state index contributed by atoms with van der Waals surface area (Å²) in [6.07, 6.45) is 2.53. The van der Waals surface area contributed by atoms with E-state index in [1.54, 1.807) is 12.1 Å². The first-order valence-corrected chi connectivity index (χ1v) is 6.40. The summed E-state index contributed by atoms with van der Waals surface area (Å²) in [5.41, 5.74) is 1.26. The fraction of sp³-hybridized carbons (Fsp3) is 0.571. The van der Waals surface area contributed by atoms with Crippen molar-refractivity contribution in [2.24, 2.45) is 0 Å². The molecule has 0 bridgehead atoms. The highest BCUT2D eigenvalue weighted by molar-refractivity contribution is 5.27. The molecular formula is C14H22N2O. The lowest BCUT2D eigenvalue weighted by atomic mass is 10.0. The summed E-state index contributed by atoms with van der Waals surface area (Å²) in [5.74, 6) is 0.336. The highest BCUT2D eigenvalue weighted by atomic mass is 16.3. The van der Waals surface area contributed by atoms with E-state index in [2.05, 4.69) is 24.2 Å². The Morgan fingerprint density at radius 1 is 1.35 bits per heavy atom. The third kappa shape index (κ3) is 2.99. The maximum Gasteiger partial charge on any atom is 0.115 e. The van der Waals surface area contributed by atoms with Crippen molar-refractivity contribution < 1.29 is 5.11 Å². The Morgan fingerprint density at radius 2 is 2.06 bits per heavy atom. The molecule has 0 radical (unpaired) electrons. The first-order chi connectivity index (χ1) is 8.18. The molecule has 0 amide bonds. The maximum atomic E-state index is 9.30. The van der Waals surface area contributed by atoms with Crippen LogP contribution in [0.25, 0.3) is 0 Å². The predicted molar refractivity (Wildman–Crippen MR) is 70.2 cm³/mol. The van der Waals surface area contributed by atoms with Crippen molar-refractivity contribution in [3.05, 3.63) is 29.8 Å². The van der Waals surface area contributed by atoms with E-state index in [0.29, 0.717) is 17.8 Å². The first-order valence-electron chi connectivity index (χ1n) is 6.40. The lowest BCUT2D eigenvalue weighted by molar-refractivity contribution is 0.156. The van der Waals surface area contributed by atoms with Gasteiger partial charge in [0, 0.05) is 18.6 Å². The zero-order valence-corrected chi connectivity index (χ0v) is 10.7. The molecule has 0 aliphatic carbocycles. The second-order valence-electron chi connectivity index (χ2n) is 4.93. The fourth-order valence-electron chi connectivity index (χ4n) is 2.49. The van der Waals surface area contributed by atoms with Crippen molar-refractivity contribution in [3.63, 3.8) is 0 Å². The van der Waals surface area contributed by atoms with Gasteiger partial charge in [0.1, 0.15) is 5.75 Å². The Hall–Kier alpha value is -1.06. The number of nitrogens with zero attached hydrogens (tertiary/aromatic N) is 1. The zero-order chi connectivity index (χ0) is 12.3. The molecule has 2 N–H and O–H groups in total. The van der Waals surface area contributed by atoms with E-state index in [9.17, 15) is 5.11 Å². The van der Waals surface area contributed by atoms with Gasteiger partial charge in [0.15, 0.2) is 0 Å². The molecule has 1 aromatic carbocycles. The second-order valence-corrected chi connectivity index (χ2v) is 4.93. The summed E-state index contributed by atoms with van der Waals surface area (Å²) in [5, 5.41) is 12.8. The molecule has 2 rings (SSSR count). The molecule has 3 heteroatoms. The number of nitrogens with one attached hydrogen (secondary N) is 1. The van der Waals surface area contributed by atoms with Crippen molar-refractivity contribution in [1.82, 2.24) is 10.2 Å². The number of hydrogen-bond acceptors (Lipinski definition) is 3. The van der Waals surface area contributed by atoms with Crippen LogP contribution in [0.15, 0.2) is 24.3 Å². The predicted octanol–water partition coefficient (Wildman–Crippen LogP) is 2.14. The third-order valence-corrected chi connectivity index (χ3v) is 3.83. The van der Waals surface area contributed by atoms with Gasteiger partial charge in [-0.1, -0.05) is 12.1 Å². The van der Waals surface area contributed by atoms with Crippen LogP contribution in [0.4, 0.5) is 0 Å². The Labute approximate surface area is 103 Å². The monoisotopic (exact) mass is 234 g/mol. The molecule has 3 nitrogen and oxygen atoms in total. The molecule has 1 heterocycles. The van der Waals surface area contributed by atoms with E-state index in [0.717, 1.165) is 13.1 Å². The molecule has 0 saturated carbocycles. The van der Waals surface area contributed by atoms with Gasteiger partial charge in [0.05, 0.1) is 0 Å². The van der Waals surface area contributed by atoms with Crippen LogP contribution in [-0.4, -0.2) is 36.2 Å². The van der Waals surface area contributed by atoms with E-state index in [1.807, 2.05) is 12.1 Å². The van der Waals surface area contributed by atoms with E-state index in [-0.39, 0.29) is 0 Å². The Kier molecular flexibility index (Phi) is 4.02. The van der Waals surface area contributed by atoms with E-state index in [4.69, 9.17) is 0 Å². The average Bonchev–Trinajstić information content (AvgIpc) is 2.39. The average molecular weight is 234 g/mol. The number of phenols is 1. The molecule has 1 saturated heterocycles. The van der Waals surface area contributed by atoms with Gasteiger partial charge >= 0.3 is 0 Å². The lowest BCUT2D eigenvalue weighted by Gasteiger charge is -2.36. The summed E-state index contributed by atoms with van der Waals surface area (Å²) >= 11 is 0. The molecule has 1 fully saturated rings. The molecule has 17 heavy (non-hydrogen) atoms. The first kappa shape index (κ1) is 12.4. The largest absolute Gasteiger partial charge is 0.508 e. The van der Waals surface area contributed by atoms with Gasteiger partial charge < -0.3 is 10.4 Å². The Balaban J connectivity index is 2.02. The molecule has 94 valence electrons. The van der Waals surface area contributed by atoms with Crippen LogP contribution in [0.1, 0.15) is 31.4 Å². The minimum Gasteiger partial charge on any atom is -0.508 e. The minimum absolute atomic E-state index is 0.336. The van der Waals surface area contributed by atoms with Crippen LogP contribution in [-0.2, 0) is 0 Å². The summed E-state index contributed by atoms with van der Waals surface area (Å²) in [7, 11) is 2.19. The van der Waals surface area contributed by atoms with Crippen molar-refractivity contribution >= 4 is 0 Å². The smallest absolute Gasteiger partial charge is 0.115 e. The van der Waals surface area contributed by atoms with Crippen LogP contribution in [0.5, 0.6) is 5.75 Å². The SMILES string of the molecule is CC(c1ccc(O)cc1)N(C)C1CCCNC1. The Bertz CT molecular complexity index is 344. The van der Waals surface area contributed by atoms with Gasteiger partial charge in [-0.3, -0.25) is 4.90 Å². The molecule has 2 unspecified atom stereocenters. The van der Waals surface area contributed by atoms with Crippen LogP contribution < -0.4 is 5.32 Å². The Morgan fingerprint density at radius 3 is 2.65 bits per heavy atom.